The number of hydrogen-bond acceptors (Lipinski definition) is 4. The lowest BCUT2D eigenvalue weighted by Crippen LogP contribution is -2.48. The molecule has 0 bridgehead atoms. The van der Waals surface area contributed by atoms with Crippen LogP contribution in [-0.2, 0) is 26.0 Å². The molecule has 226 valence electrons. The van der Waals surface area contributed by atoms with Crippen molar-refractivity contribution in [1.29, 1.82) is 0 Å². The third-order valence-corrected chi connectivity index (χ3v) is 10.2. The SMILES string of the molecule is Cc1ccccc1S(=O)(=O)N1C(c2cccc(Cl)c2)C(C(=O)N[C@@H](Cc2ccccc2)C(=O)O)=CC[C@H]1c1ccc(Cl)cc1. The van der Waals surface area contributed by atoms with Gasteiger partial charge in [0.05, 0.1) is 17.0 Å². The Kier molecular flexibility index (Phi) is 9.56. The molecular weight excluding hydrogens is 619 g/mol. The number of benzene rings is 4. The van der Waals surface area contributed by atoms with Crippen LogP contribution in [0.4, 0.5) is 0 Å². The molecule has 1 aliphatic heterocycles. The quantitative estimate of drug-likeness (QED) is 0.205. The second-order valence-corrected chi connectivity index (χ2v) is 13.3. The third kappa shape index (κ3) is 6.74. The van der Waals surface area contributed by atoms with Crippen molar-refractivity contribution in [3.8, 4) is 0 Å². The largest absolute Gasteiger partial charge is 0.480 e. The molecule has 0 fully saturated rings. The molecule has 10 heteroatoms. The van der Waals surface area contributed by atoms with Crippen molar-refractivity contribution in [3.63, 3.8) is 0 Å². The van der Waals surface area contributed by atoms with E-state index in [-0.39, 0.29) is 23.3 Å². The summed E-state index contributed by atoms with van der Waals surface area (Å²) in [7, 11) is -4.25. The van der Waals surface area contributed by atoms with Gasteiger partial charge in [-0.05, 0) is 65.9 Å². The standard InChI is InChI=1S/C34H30Cl2N2O5S/c1-22-8-5-6-13-31(22)44(42,43)38-30(24-14-16-26(35)17-15-24)19-18-28(32(38)25-11-7-12-27(36)21-25)33(39)37-29(34(40)41)20-23-9-3-2-4-10-23/h2-18,21,29-30,32H,19-20H2,1H3,(H,37,39)(H,40,41)/t29-,30-,32?/m0/s1. The van der Waals surface area contributed by atoms with Crippen molar-refractivity contribution in [2.24, 2.45) is 0 Å². The molecule has 0 aliphatic carbocycles. The Balaban J connectivity index is 1.66. The molecule has 0 saturated carbocycles. The molecule has 1 unspecified atom stereocenters. The molecule has 0 spiro atoms. The van der Waals surface area contributed by atoms with E-state index in [1.165, 1.54) is 10.4 Å². The van der Waals surface area contributed by atoms with Crippen LogP contribution in [0.15, 0.2) is 120 Å². The fourth-order valence-corrected chi connectivity index (χ4v) is 7.85. The molecule has 4 aromatic rings. The first-order valence-corrected chi connectivity index (χ1v) is 16.1. The first-order chi connectivity index (χ1) is 21.1. The summed E-state index contributed by atoms with van der Waals surface area (Å²) >= 11 is 12.6. The summed E-state index contributed by atoms with van der Waals surface area (Å²) in [4.78, 5) is 26.4. The van der Waals surface area contributed by atoms with Gasteiger partial charge in [-0.2, -0.15) is 4.31 Å². The highest BCUT2D eigenvalue weighted by Gasteiger charge is 2.45. The zero-order valence-electron chi connectivity index (χ0n) is 23.7. The van der Waals surface area contributed by atoms with Crippen LogP contribution in [-0.4, -0.2) is 35.7 Å². The molecule has 0 saturated heterocycles. The number of nitrogens with zero attached hydrogens (tertiary/aromatic N) is 1. The highest BCUT2D eigenvalue weighted by molar-refractivity contribution is 7.89. The monoisotopic (exact) mass is 648 g/mol. The van der Waals surface area contributed by atoms with Crippen LogP contribution in [0, 0.1) is 6.92 Å². The first kappa shape index (κ1) is 31.5. The molecule has 2 N–H and O–H groups in total. The van der Waals surface area contributed by atoms with Crippen molar-refractivity contribution in [2.75, 3.05) is 0 Å². The summed E-state index contributed by atoms with van der Waals surface area (Å²) in [5.74, 6) is -1.89. The average Bonchev–Trinajstić information content (AvgIpc) is 3.01. The Bertz CT molecular complexity index is 1810. The van der Waals surface area contributed by atoms with Gasteiger partial charge < -0.3 is 10.4 Å². The zero-order chi connectivity index (χ0) is 31.4. The van der Waals surface area contributed by atoms with Crippen molar-refractivity contribution in [3.05, 3.63) is 147 Å². The van der Waals surface area contributed by atoms with E-state index in [4.69, 9.17) is 23.2 Å². The minimum atomic E-state index is -4.25. The Labute approximate surface area is 266 Å². The molecule has 0 radical (unpaired) electrons. The Morgan fingerprint density at radius 3 is 2.23 bits per heavy atom. The molecular formula is C34H30Cl2N2O5S. The number of carbonyl (C=O) groups excluding carboxylic acids is 1. The molecule has 1 aliphatic rings. The zero-order valence-corrected chi connectivity index (χ0v) is 26.1. The molecule has 1 amide bonds. The van der Waals surface area contributed by atoms with Gasteiger partial charge >= 0.3 is 5.97 Å². The van der Waals surface area contributed by atoms with Crippen molar-refractivity contribution in [2.45, 2.75) is 42.8 Å². The summed E-state index contributed by atoms with van der Waals surface area (Å²) in [5.41, 5.74) is 2.53. The van der Waals surface area contributed by atoms with Crippen LogP contribution in [0.1, 0.15) is 40.8 Å². The van der Waals surface area contributed by atoms with Crippen molar-refractivity contribution >= 4 is 45.1 Å². The maximum Gasteiger partial charge on any atom is 0.326 e. The highest BCUT2D eigenvalue weighted by atomic mass is 35.5. The number of sulfonamides is 1. The van der Waals surface area contributed by atoms with E-state index in [1.807, 2.05) is 6.07 Å². The molecule has 44 heavy (non-hydrogen) atoms. The van der Waals surface area contributed by atoms with Gasteiger partial charge in [0.1, 0.15) is 6.04 Å². The van der Waals surface area contributed by atoms with E-state index >= 15 is 0 Å². The number of amides is 1. The van der Waals surface area contributed by atoms with Gasteiger partial charge in [0.15, 0.2) is 0 Å². The van der Waals surface area contributed by atoms with E-state index in [9.17, 15) is 23.1 Å². The number of carboxylic acid groups (broad SMARTS) is 1. The Hall–Kier alpha value is -3.95. The van der Waals surface area contributed by atoms with E-state index in [0.717, 1.165) is 5.56 Å². The maximum absolute atomic E-state index is 14.7. The van der Waals surface area contributed by atoms with Gasteiger partial charge in [-0.25, -0.2) is 13.2 Å². The summed E-state index contributed by atoms with van der Waals surface area (Å²) < 4.78 is 30.7. The van der Waals surface area contributed by atoms with E-state index < -0.39 is 40.0 Å². The third-order valence-electron chi connectivity index (χ3n) is 7.63. The summed E-state index contributed by atoms with van der Waals surface area (Å²) in [6.07, 6.45) is 1.89. The fraction of sp³-hybridized carbons (Fsp3) is 0.176. The van der Waals surface area contributed by atoms with Gasteiger partial charge in [-0.15, -0.1) is 0 Å². The molecule has 5 rings (SSSR count). The van der Waals surface area contributed by atoms with E-state index in [0.29, 0.717) is 26.7 Å². The summed E-state index contributed by atoms with van der Waals surface area (Å²) in [6.45, 7) is 1.72. The lowest BCUT2D eigenvalue weighted by atomic mass is 9.88. The van der Waals surface area contributed by atoms with Crippen molar-refractivity contribution < 1.29 is 23.1 Å². The number of carbonyl (C=O) groups is 2. The van der Waals surface area contributed by atoms with Crippen LogP contribution in [0.5, 0.6) is 0 Å². The Morgan fingerprint density at radius 2 is 1.57 bits per heavy atom. The van der Waals surface area contributed by atoms with Crippen LogP contribution in [0.2, 0.25) is 10.0 Å². The van der Waals surface area contributed by atoms with Crippen LogP contribution in [0.25, 0.3) is 0 Å². The number of hydrogen-bond donors (Lipinski definition) is 2. The van der Waals surface area contributed by atoms with Gasteiger partial charge in [-0.3, -0.25) is 4.79 Å². The van der Waals surface area contributed by atoms with Crippen LogP contribution in [0.3, 0.4) is 0 Å². The minimum absolute atomic E-state index is 0.0512. The second kappa shape index (κ2) is 13.4. The highest BCUT2D eigenvalue weighted by Crippen LogP contribution is 2.46. The van der Waals surface area contributed by atoms with E-state index in [1.54, 1.807) is 104 Å². The normalized spacial score (nSPS) is 17.8. The topological polar surface area (TPSA) is 104 Å². The number of carboxylic acids is 1. The number of nitrogens with one attached hydrogen (secondary N) is 1. The van der Waals surface area contributed by atoms with E-state index in [2.05, 4.69) is 5.32 Å². The molecule has 0 aromatic heterocycles. The van der Waals surface area contributed by atoms with Crippen LogP contribution < -0.4 is 5.32 Å². The summed E-state index contributed by atoms with van der Waals surface area (Å²) in [5, 5.41) is 13.5. The molecule has 7 nitrogen and oxygen atoms in total. The number of halogens is 2. The van der Waals surface area contributed by atoms with Crippen molar-refractivity contribution in [1.82, 2.24) is 9.62 Å². The van der Waals surface area contributed by atoms with Gasteiger partial charge in [0.2, 0.25) is 15.9 Å². The van der Waals surface area contributed by atoms with Crippen LogP contribution >= 0.6 is 23.2 Å². The molecule has 4 aromatic carbocycles. The first-order valence-electron chi connectivity index (χ1n) is 13.9. The lowest BCUT2D eigenvalue weighted by Gasteiger charge is -2.41. The summed E-state index contributed by atoms with van der Waals surface area (Å²) in [6, 6.07) is 26.1. The van der Waals surface area contributed by atoms with Gasteiger partial charge in [0, 0.05) is 22.0 Å². The fourth-order valence-electron chi connectivity index (χ4n) is 5.52. The average molecular weight is 650 g/mol. The second-order valence-electron chi connectivity index (χ2n) is 10.6. The van der Waals surface area contributed by atoms with Gasteiger partial charge in [0.25, 0.3) is 0 Å². The lowest BCUT2D eigenvalue weighted by molar-refractivity contribution is -0.141. The molecule has 3 atom stereocenters. The number of aryl methyl sites for hydroxylation is 1. The molecule has 1 heterocycles. The minimum Gasteiger partial charge on any atom is -0.480 e. The Morgan fingerprint density at radius 1 is 0.886 bits per heavy atom. The predicted molar refractivity (Wildman–Crippen MR) is 171 cm³/mol. The number of aliphatic carboxylic acids is 1. The predicted octanol–water partition coefficient (Wildman–Crippen LogP) is 6.92. The van der Waals surface area contributed by atoms with Gasteiger partial charge in [-0.1, -0.05) is 102 Å². The number of rotatable bonds is 9. The maximum atomic E-state index is 14.7. The smallest absolute Gasteiger partial charge is 0.326 e.